The van der Waals surface area contributed by atoms with Gasteiger partial charge in [0.25, 0.3) is 0 Å². The van der Waals surface area contributed by atoms with E-state index in [0.717, 1.165) is 12.0 Å². The van der Waals surface area contributed by atoms with E-state index in [1.807, 2.05) is 24.4 Å². The van der Waals surface area contributed by atoms with Gasteiger partial charge in [-0.15, -0.1) is 11.3 Å². The summed E-state index contributed by atoms with van der Waals surface area (Å²) in [4.78, 5) is 1.26. The molecule has 1 aliphatic rings. The molecule has 4 nitrogen and oxygen atoms in total. The molecule has 0 aromatic carbocycles. The summed E-state index contributed by atoms with van der Waals surface area (Å²) in [7, 11) is -3.51. The number of hydrogen-bond donors (Lipinski definition) is 0. The maximum absolute atomic E-state index is 12.2. The normalized spacial score (nSPS) is 22.8. The van der Waals surface area contributed by atoms with E-state index >= 15 is 0 Å². The lowest BCUT2D eigenvalue weighted by Gasteiger charge is -2.33. The second-order valence-corrected chi connectivity index (χ2v) is 7.36. The lowest BCUT2D eigenvalue weighted by Crippen LogP contribution is -2.42. The molecule has 17 heavy (non-hydrogen) atoms. The molecule has 6 heteroatoms. The molecule has 2 heterocycles. The van der Waals surface area contributed by atoms with Crippen molar-refractivity contribution in [3.63, 3.8) is 0 Å². The van der Waals surface area contributed by atoms with E-state index in [4.69, 9.17) is 5.26 Å². The third kappa shape index (κ3) is 1.99. The van der Waals surface area contributed by atoms with Gasteiger partial charge in [0, 0.05) is 17.5 Å². The molecule has 0 saturated carbocycles. The molecule has 92 valence electrons. The Morgan fingerprint density at radius 1 is 1.65 bits per heavy atom. The van der Waals surface area contributed by atoms with E-state index in [1.165, 1.54) is 16.1 Å². The minimum atomic E-state index is -3.51. The summed E-state index contributed by atoms with van der Waals surface area (Å²) in [5, 5.41) is 9.80. The molecule has 0 spiro atoms. The zero-order chi connectivity index (χ0) is 12.6. The number of fused-ring (bicyclic) bond motifs is 1. The maximum atomic E-state index is 12.2. The van der Waals surface area contributed by atoms with Crippen LogP contribution in [0, 0.1) is 11.3 Å². The predicted octanol–water partition coefficient (Wildman–Crippen LogP) is 1.91. The first-order chi connectivity index (χ1) is 7.98. The predicted molar refractivity (Wildman–Crippen MR) is 67.1 cm³/mol. The lowest BCUT2D eigenvalue weighted by atomic mass is 10.0. The fraction of sp³-hybridized carbons (Fsp3) is 0.545. The summed E-state index contributed by atoms with van der Waals surface area (Å²) in [6.07, 6.45) is 0.745. The molecule has 1 aromatic rings. The van der Waals surface area contributed by atoms with Crippen LogP contribution in [-0.4, -0.2) is 24.5 Å². The van der Waals surface area contributed by atoms with Crippen molar-refractivity contribution in [1.29, 1.82) is 5.26 Å². The number of rotatable bonds is 2. The average molecular weight is 270 g/mol. The Bertz CT molecular complexity index is 556. The summed E-state index contributed by atoms with van der Waals surface area (Å²) >= 11 is 1.67. The van der Waals surface area contributed by atoms with Crippen LogP contribution < -0.4 is 0 Å². The van der Waals surface area contributed by atoms with Crippen LogP contribution in [-0.2, 0) is 16.4 Å². The monoisotopic (exact) mass is 270 g/mol. The molecule has 2 atom stereocenters. The van der Waals surface area contributed by atoms with Gasteiger partial charge in [0.15, 0.2) is 5.25 Å². The molecule has 2 unspecified atom stereocenters. The van der Waals surface area contributed by atoms with Gasteiger partial charge in [-0.25, -0.2) is 8.42 Å². The number of sulfonamides is 1. The molecule has 0 aliphatic carbocycles. The van der Waals surface area contributed by atoms with Gasteiger partial charge >= 0.3 is 0 Å². The van der Waals surface area contributed by atoms with Gasteiger partial charge in [0.2, 0.25) is 10.0 Å². The number of thiophene rings is 1. The van der Waals surface area contributed by atoms with E-state index < -0.39 is 15.3 Å². The zero-order valence-electron chi connectivity index (χ0n) is 9.75. The lowest BCUT2D eigenvalue weighted by molar-refractivity contribution is 0.327. The van der Waals surface area contributed by atoms with Crippen LogP contribution in [0.3, 0.4) is 0 Å². The van der Waals surface area contributed by atoms with E-state index in [2.05, 4.69) is 0 Å². The third-order valence-electron chi connectivity index (χ3n) is 3.18. The SMILES string of the molecule is CC1c2ccsc2CCN1S(=O)(=O)C(C)C#N. The van der Waals surface area contributed by atoms with Crippen LogP contribution in [0.1, 0.15) is 30.3 Å². The molecule has 0 saturated heterocycles. The molecule has 0 fully saturated rings. The molecule has 0 N–H and O–H groups in total. The van der Waals surface area contributed by atoms with Crippen LogP contribution >= 0.6 is 11.3 Å². The number of nitriles is 1. The van der Waals surface area contributed by atoms with Gasteiger partial charge in [-0.2, -0.15) is 9.57 Å². The van der Waals surface area contributed by atoms with E-state index in [-0.39, 0.29) is 6.04 Å². The Labute approximate surface area is 106 Å². The van der Waals surface area contributed by atoms with Crippen LogP contribution in [0.2, 0.25) is 0 Å². The highest BCUT2D eigenvalue weighted by Gasteiger charge is 2.36. The van der Waals surface area contributed by atoms with Crippen molar-refractivity contribution in [2.75, 3.05) is 6.54 Å². The quantitative estimate of drug-likeness (QED) is 0.824. The van der Waals surface area contributed by atoms with E-state index in [0.29, 0.717) is 6.54 Å². The van der Waals surface area contributed by atoms with Crippen molar-refractivity contribution >= 4 is 21.4 Å². The molecule has 0 amide bonds. The summed E-state index contributed by atoms with van der Waals surface area (Å²) in [6.45, 7) is 3.79. The Hall–Kier alpha value is -0.900. The molecule has 1 aliphatic heterocycles. The smallest absolute Gasteiger partial charge is 0.211 e. The largest absolute Gasteiger partial charge is 0.230 e. The molecule has 1 aromatic heterocycles. The highest BCUT2D eigenvalue weighted by molar-refractivity contribution is 7.90. The van der Waals surface area contributed by atoms with Crippen LogP contribution in [0.4, 0.5) is 0 Å². The molecular weight excluding hydrogens is 256 g/mol. The van der Waals surface area contributed by atoms with Crippen LogP contribution in [0.15, 0.2) is 11.4 Å². The van der Waals surface area contributed by atoms with E-state index in [9.17, 15) is 8.42 Å². The number of hydrogen-bond acceptors (Lipinski definition) is 4. The zero-order valence-corrected chi connectivity index (χ0v) is 11.4. The van der Waals surface area contributed by atoms with Crippen molar-refractivity contribution in [3.8, 4) is 6.07 Å². The third-order valence-corrected chi connectivity index (χ3v) is 6.32. The Kier molecular flexibility index (Phi) is 3.25. The van der Waals surface area contributed by atoms with Crippen molar-refractivity contribution in [3.05, 3.63) is 21.9 Å². The van der Waals surface area contributed by atoms with Gasteiger partial charge in [0.05, 0.1) is 6.07 Å². The van der Waals surface area contributed by atoms with Crippen molar-refractivity contribution < 1.29 is 8.42 Å². The second-order valence-electron chi connectivity index (χ2n) is 4.15. The van der Waals surface area contributed by atoms with Gasteiger partial charge in [-0.1, -0.05) is 0 Å². The maximum Gasteiger partial charge on any atom is 0.230 e. The van der Waals surface area contributed by atoms with E-state index in [1.54, 1.807) is 11.3 Å². The fourth-order valence-corrected chi connectivity index (χ4v) is 4.51. The summed E-state index contributed by atoms with van der Waals surface area (Å²) < 4.78 is 25.8. The summed E-state index contributed by atoms with van der Waals surface area (Å²) in [5.41, 5.74) is 1.08. The summed E-state index contributed by atoms with van der Waals surface area (Å²) in [5.74, 6) is 0. The van der Waals surface area contributed by atoms with Gasteiger partial charge in [0.1, 0.15) is 0 Å². The molecular formula is C11H14N2O2S2. The first-order valence-corrected chi connectivity index (χ1v) is 7.83. The number of nitrogens with zero attached hydrogens (tertiary/aromatic N) is 2. The average Bonchev–Trinajstić information content (AvgIpc) is 2.77. The highest BCUT2D eigenvalue weighted by atomic mass is 32.2. The molecule has 0 bridgehead atoms. The Balaban J connectivity index is 2.36. The van der Waals surface area contributed by atoms with Crippen molar-refractivity contribution in [2.24, 2.45) is 0 Å². The fourth-order valence-electron chi connectivity index (χ4n) is 2.10. The Morgan fingerprint density at radius 2 is 2.35 bits per heavy atom. The van der Waals surface area contributed by atoms with Crippen molar-refractivity contribution in [1.82, 2.24) is 4.31 Å². The summed E-state index contributed by atoms with van der Waals surface area (Å²) in [6, 6.07) is 3.63. The van der Waals surface area contributed by atoms with Crippen LogP contribution in [0.25, 0.3) is 0 Å². The topological polar surface area (TPSA) is 61.2 Å². The molecule has 0 radical (unpaired) electrons. The first kappa shape index (κ1) is 12.6. The Morgan fingerprint density at radius 3 is 3.00 bits per heavy atom. The molecule has 2 rings (SSSR count). The highest BCUT2D eigenvalue weighted by Crippen LogP contribution is 2.35. The van der Waals surface area contributed by atoms with Gasteiger partial charge in [-0.3, -0.25) is 0 Å². The minimum Gasteiger partial charge on any atom is -0.211 e. The van der Waals surface area contributed by atoms with Gasteiger partial charge < -0.3 is 0 Å². The first-order valence-electron chi connectivity index (χ1n) is 5.45. The van der Waals surface area contributed by atoms with Crippen molar-refractivity contribution in [2.45, 2.75) is 31.6 Å². The second kappa shape index (κ2) is 4.41. The minimum absolute atomic E-state index is 0.161. The van der Waals surface area contributed by atoms with Gasteiger partial charge in [-0.05, 0) is 37.3 Å². The standard InChI is InChI=1S/C11H14N2O2S2/c1-8(7-12)17(14,15)13-5-3-11-10(9(13)2)4-6-16-11/h4,6,8-9H,3,5H2,1-2H3. The van der Waals surface area contributed by atoms with Crippen LogP contribution in [0.5, 0.6) is 0 Å².